The van der Waals surface area contributed by atoms with Gasteiger partial charge in [0.25, 0.3) is 0 Å². The van der Waals surface area contributed by atoms with E-state index < -0.39 is 0 Å². The third-order valence-corrected chi connectivity index (χ3v) is 2.97. The van der Waals surface area contributed by atoms with Crippen molar-refractivity contribution in [2.24, 2.45) is 5.92 Å². The van der Waals surface area contributed by atoms with Gasteiger partial charge in [-0.15, -0.1) is 0 Å². The van der Waals surface area contributed by atoms with Crippen molar-refractivity contribution in [2.45, 2.75) is 12.8 Å². The maximum atomic E-state index is 5.61. The first-order chi connectivity index (χ1) is 8.45. The summed E-state index contributed by atoms with van der Waals surface area (Å²) in [6.45, 7) is 4.73. The molecule has 3 nitrogen and oxygen atoms in total. The van der Waals surface area contributed by atoms with Crippen molar-refractivity contribution >= 4 is 0 Å². The number of hydrogen-bond acceptors (Lipinski definition) is 3. The van der Waals surface area contributed by atoms with Crippen LogP contribution in [0.3, 0.4) is 0 Å². The highest BCUT2D eigenvalue weighted by atomic mass is 16.5. The zero-order chi connectivity index (χ0) is 11.8. The van der Waals surface area contributed by atoms with E-state index in [1.54, 1.807) is 0 Å². The Morgan fingerprint density at radius 3 is 2.94 bits per heavy atom. The SMILES string of the molecule is c1ccc(OCCCNCC2CCOC2)cc1. The van der Waals surface area contributed by atoms with Crippen LogP contribution in [0, 0.1) is 5.92 Å². The van der Waals surface area contributed by atoms with Crippen molar-refractivity contribution in [3.05, 3.63) is 30.3 Å². The molecule has 1 aliphatic heterocycles. The second-order valence-electron chi connectivity index (χ2n) is 4.45. The molecule has 0 spiro atoms. The third kappa shape index (κ3) is 4.75. The van der Waals surface area contributed by atoms with Crippen molar-refractivity contribution in [1.82, 2.24) is 5.32 Å². The maximum absolute atomic E-state index is 5.61. The van der Waals surface area contributed by atoms with E-state index in [1.165, 1.54) is 6.42 Å². The molecule has 0 aromatic heterocycles. The smallest absolute Gasteiger partial charge is 0.119 e. The Morgan fingerprint density at radius 2 is 2.18 bits per heavy atom. The number of benzene rings is 1. The average molecular weight is 235 g/mol. The van der Waals surface area contributed by atoms with Crippen LogP contribution >= 0.6 is 0 Å². The van der Waals surface area contributed by atoms with Gasteiger partial charge in [-0.1, -0.05) is 18.2 Å². The Kier molecular flexibility index (Phi) is 5.33. The van der Waals surface area contributed by atoms with Crippen molar-refractivity contribution in [2.75, 3.05) is 32.9 Å². The molecule has 2 rings (SSSR count). The number of hydrogen-bond donors (Lipinski definition) is 1. The van der Waals surface area contributed by atoms with Crippen molar-refractivity contribution in [3.63, 3.8) is 0 Å². The van der Waals surface area contributed by atoms with Crippen LogP contribution in [-0.4, -0.2) is 32.9 Å². The molecule has 94 valence electrons. The first-order valence-corrected chi connectivity index (χ1v) is 6.41. The molecule has 1 saturated heterocycles. The Labute approximate surface area is 103 Å². The Bertz CT molecular complexity index is 296. The number of ether oxygens (including phenoxy) is 2. The molecule has 0 saturated carbocycles. The summed E-state index contributed by atoms with van der Waals surface area (Å²) in [5, 5.41) is 3.45. The highest BCUT2D eigenvalue weighted by Gasteiger charge is 2.14. The number of nitrogens with one attached hydrogen (secondary N) is 1. The van der Waals surface area contributed by atoms with Crippen molar-refractivity contribution in [1.29, 1.82) is 0 Å². The predicted octanol–water partition coefficient (Wildman–Crippen LogP) is 2.08. The molecule has 1 aromatic carbocycles. The summed E-state index contributed by atoms with van der Waals surface area (Å²) in [5.74, 6) is 1.67. The van der Waals surface area contributed by atoms with E-state index in [0.717, 1.165) is 45.1 Å². The summed E-state index contributed by atoms with van der Waals surface area (Å²) >= 11 is 0. The van der Waals surface area contributed by atoms with E-state index in [0.29, 0.717) is 5.92 Å². The van der Waals surface area contributed by atoms with Crippen molar-refractivity contribution < 1.29 is 9.47 Å². The minimum absolute atomic E-state index is 0.713. The lowest BCUT2D eigenvalue weighted by Crippen LogP contribution is -2.25. The van der Waals surface area contributed by atoms with Gasteiger partial charge in [0.2, 0.25) is 0 Å². The fourth-order valence-corrected chi connectivity index (χ4v) is 1.95. The van der Waals surface area contributed by atoms with Gasteiger partial charge in [0.15, 0.2) is 0 Å². The fourth-order valence-electron chi connectivity index (χ4n) is 1.95. The molecule has 1 aromatic rings. The van der Waals surface area contributed by atoms with E-state index in [1.807, 2.05) is 30.3 Å². The van der Waals surface area contributed by atoms with Gasteiger partial charge < -0.3 is 14.8 Å². The van der Waals surface area contributed by atoms with Crippen LogP contribution in [0.15, 0.2) is 30.3 Å². The van der Waals surface area contributed by atoms with Crippen LogP contribution in [0.2, 0.25) is 0 Å². The van der Waals surface area contributed by atoms with E-state index in [4.69, 9.17) is 9.47 Å². The average Bonchev–Trinajstić information content (AvgIpc) is 2.88. The number of para-hydroxylation sites is 1. The molecule has 0 amide bonds. The lowest BCUT2D eigenvalue weighted by molar-refractivity contribution is 0.185. The summed E-state index contributed by atoms with van der Waals surface area (Å²) in [6.07, 6.45) is 2.25. The zero-order valence-electron chi connectivity index (χ0n) is 10.2. The third-order valence-electron chi connectivity index (χ3n) is 2.97. The van der Waals surface area contributed by atoms with E-state index >= 15 is 0 Å². The van der Waals surface area contributed by atoms with E-state index in [-0.39, 0.29) is 0 Å². The van der Waals surface area contributed by atoms with Gasteiger partial charge in [-0.05, 0) is 37.4 Å². The van der Waals surface area contributed by atoms with Gasteiger partial charge in [-0.25, -0.2) is 0 Å². The molecule has 1 N–H and O–H groups in total. The molecular formula is C14H21NO2. The monoisotopic (exact) mass is 235 g/mol. The van der Waals surface area contributed by atoms with Gasteiger partial charge in [0, 0.05) is 13.2 Å². The minimum atomic E-state index is 0.713. The highest BCUT2D eigenvalue weighted by Crippen LogP contribution is 2.10. The number of rotatable bonds is 7. The highest BCUT2D eigenvalue weighted by molar-refractivity contribution is 5.20. The normalized spacial score (nSPS) is 19.4. The van der Waals surface area contributed by atoms with Gasteiger partial charge in [-0.2, -0.15) is 0 Å². The second-order valence-corrected chi connectivity index (χ2v) is 4.45. The van der Waals surface area contributed by atoms with Gasteiger partial charge in [-0.3, -0.25) is 0 Å². The molecule has 0 bridgehead atoms. The Hall–Kier alpha value is -1.06. The standard InChI is InChI=1S/C14H21NO2/c1-2-5-14(6-3-1)17-9-4-8-15-11-13-7-10-16-12-13/h1-3,5-6,13,15H,4,7-12H2. The second kappa shape index (κ2) is 7.30. The van der Waals surface area contributed by atoms with Gasteiger partial charge >= 0.3 is 0 Å². The topological polar surface area (TPSA) is 30.5 Å². The molecule has 1 fully saturated rings. The summed E-state index contributed by atoms with van der Waals surface area (Å²) in [5.41, 5.74) is 0. The van der Waals surface area contributed by atoms with Crippen LogP contribution in [-0.2, 0) is 4.74 Å². The Balaban J connectivity index is 1.46. The molecule has 1 atom stereocenters. The molecule has 1 aliphatic rings. The van der Waals surface area contributed by atoms with Gasteiger partial charge in [0.1, 0.15) is 5.75 Å². The molecule has 17 heavy (non-hydrogen) atoms. The summed E-state index contributed by atoms with van der Waals surface area (Å²) in [4.78, 5) is 0. The first-order valence-electron chi connectivity index (χ1n) is 6.41. The maximum Gasteiger partial charge on any atom is 0.119 e. The molecule has 0 radical (unpaired) electrons. The van der Waals surface area contributed by atoms with Crippen LogP contribution in [0.1, 0.15) is 12.8 Å². The molecule has 1 unspecified atom stereocenters. The largest absolute Gasteiger partial charge is 0.494 e. The molecular weight excluding hydrogens is 214 g/mol. The Morgan fingerprint density at radius 1 is 1.29 bits per heavy atom. The lowest BCUT2D eigenvalue weighted by Gasteiger charge is -2.09. The van der Waals surface area contributed by atoms with Crippen molar-refractivity contribution in [3.8, 4) is 5.75 Å². The molecule has 3 heteroatoms. The lowest BCUT2D eigenvalue weighted by atomic mass is 10.1. The van der Waals surface area contributed by atoms with E-state index in [9.17, 15) is 0 Å². The summed E-state index contributed by atoms with van der Waals surface area (Å²) < 4.78 is 10.9. The summed E-state index contributed by atoms with van der Waals surface area (Å²) in [6, 6.07) is 9.96. The van der Waals surface area contributed by atoms with Crippen LogP contribution in [0.5, 0.6) is 5.75 Å². The molecule has 0 aliphatic carbocycles. The fraction of sp³-hybridized carbons (Fsp3) is 0.571. The first kappa shape index (κ1) is 12.4. The summed E-state index contributed by atoms with van der Waals surface area (Å²) in [7, 11) is 0. The quantitative estimate of drug-likeness (QED) is 0.734. The van der Waals surface area contributed by atoms with E-state index in [2.05, 4.69) is 5.32 Å². The van der Waals surface area contributed by atoms with Gasteiger partial charge in [0.05, 0.1) is 13.2 Å². The minimum Gasteiger partial charge on any atom is -0.494 e. The predicted molar refractivity (Wildman–Crippen MR) is 68.3 cm³/mol. The zero-order valence-corrected chi connectivity index (χ0v) is 10.2. The molecule has 1 heterocycles. The van der Waals surface area contributed by atoms with Crippen LogP contribution in [0.25, 0.3) is 0 Å². The van der Waals surface area contributed by atoms with Crippen LogP contribution < -0.4 is 10.1 Å². The van der Waals surface area contributed by atoms with Crippen LogP contribution in [0.4, 0.5) is 0 Å².